The number of ether oxygens (including phenoxy) is 1. The number of benzene rings is 1. The van der Waals surface area contributed by atoms with Crippen LogP contribution in [-0.2, 0) is 4.74 Å². The quantitative estimate of drug-likeness (QED) is 0.590. The molecule has 4 heteroatoms. The Kier molecular flexibility index (Phi) is 3.50. The van der Waals surface area contributed by atoms with Crippen LogP contribution < -0.4 is 0 Å². The standard InChI is InChI=1S/C10H10N2O2/c1-2-14-10(13)9(12-11)8-6-4-3-5-7-8/h3-7H,2H2,1H3/p+1/b10-9-. The van der Waals surface area contributed by atoms with Crippen LogP contribution >= 0.6 is 0 Å². The summed E-state index contributed by atoms with van der Waals surface area (Å²) in [5.41, 5.74) is 0.633. The van der Waals surface area contributed by atoms with Crippen LogP contribution in [0.2, 0.25) is 0 Å². The molecule has 0 aliphatic rings. The number of hydrogen-bond donors (Lipinski definition) is 1. The Morgan fingerprint density at radius 3 is 2.57 bits per heavy atom. The van der Waals surface area contributed by atoms with Crippen molar-refractivity contribution in [2.75, 3.05) is 6.61 Å². The number of rotatable bonds is 3. The minimum atomic E-state index is -0.374. The van der Waals surface area contributed by atoms with E-state index in [2.05, 4.69) is 4.98 Å². The Labute approximate surface area is 82.1 Å². The van der Waals surface area contributed by atoms with E-state index in [0.717, 1.165) is 0 Å². The molecular formula is C10H11N2O2+. The van der Waals surface area contributed by atoms with Crippen molar-refractivity contribution in [2.45, 2.75) is 6.92 Å². The lowest BCUT2D eigenvalue weighted by atomic mass is 10.2. The minimum Gasteiger partial charge on any atom is -0.475 e. The summed E-state index contributed by atoms with van der Waals surface area (Å²) in [5.74, 6) is -0.374. The van der Waals surface area contributed by atoms with E-state index in [-0.39, 0.29) is 11.6 Å². The van der Waals surface area contributed by atoms with Gasteiger partial charge in [-0.2, -0.15) is 0 Å². The van der Waals surface area contributed by atoms with Crippen molar-refractivity contribution in [1.82, 2.24) is 0 Å². The fourth-order valence-corrected chi connectivity index (χ4v) is 1.03. The summed E-state index contributed by atoms with van der Waals surface area (Å²) < 4.78 is 4.83. The van der Waals surface area contributed by atoms with Crippen LogP contribution in [0.1, 0.15) is 12.5 Å². The van der Waals surface area contributed by atoms with Crippen LogP contribution in [0.3, 0.4) is 0 Å². The molecule has 0 saturated carbocycles. The molecule has 0 atom stereocenters. The predicted octanol–water partition coefficient (Wildman–Crippen LogP) is 2.76. The van der Waals surface area contributed by atoms with E-state index in [1.807, 2.05) is 6.07 Å². The zero-order valence-electron chi connectivity index (χ0n) is 7.84. The van der Waals surface area contributed by atoms with Crippen LogP contribution in [0, 0.1) is 5.39 Å². The Hall–Kier alpha value is -2.02. The summed E-state index contributed by atoms with van der Waals surface area (Å²) in [6.07, 6.45) is 0. The first-order valence-corrected chi connectivity index (χ1v) is 4.26. The molecule has 1 N–H and O–H groups in total. The molecule has 14 heavy (non-hydrogen) atoms. The number of aliphatic hydroxyl groups excluding tert-OH is 1. The molecule has 0 aliphatic heterocycles. The van der Waals surface area contributed by atoms with E-state index in [4.69, 9.17) is 10.1 Å². The third kappa shape index (κ3) is 2.23. The first-order valence-electron chi connectivity index (χ1n) is 4.26. The van der Waals surface area contributed by atoms with Gasteiger partial charge >= 0.3 is 11.6 Å². The van der Waals surface area contributed by atoms with Gasteiger partial charge in [0.1, 0.15) is 0 Å². The normalized spacial score (nSPS) is 11.4. The lowest BCUT2D eigenvalue weighted by Gasteiger charge is -1.96. The highest BCUT2D eigenvalue weighted by Crippen LogP contribution is 2.18. The van der Waals surface area contributed by atoms with Gasteiger partial charge in [0.15, 0.2) is 4.98 Å². The van der Waals surface area contributed by atoms with Crippen molar-refractivity contribution in [3.8, 4) is 0 Å². The van der Waals surface area contributed by atoms with Gasteiger partial charge < -0.3 is 9.84 Å². The maximum absolute atomic E-state index is 9.37. The zero-order valence-corrected chi connectivity index (χ0v) is 7.84. The average molecular weight is 191 g/mol. The highest BCUT2D eigenvalue weighted by atomic mass is 16.6. The highest BCUT2D eigenvalue weighted by molar-refractivity contribution is 5.70. The molecule has 1 aromatic carbocycles. The Bertz CT molecular complexity index is 365. The van der Waals surface area contributed by atoms with Crippen molar-refractivity contribution in [1.29, 1.82) is 5.39 Å². The molecule has 0 saturated heterocycles. The van der Waals surface area contributed by atoms with Gasteiger partial charge in [-0.05, 0) is 19.1 Å². The zero-order chi connectivity index (χ0) is 10.4. The van der Waals surface area contributed by atoms with E-state index < -0.39 is 0 Å². The van der Waals surface area contributed by atoms with Gasteiger partial charge in [0.2, 0.25) is 5.39 Å². The van der Waals surface area contributed by atoms with Crippen molar-refractivity contribution < 1.29 is 9.84 Å². The molecule has 0 heterocycles. The third-order valence-electron chi connectivity index (χ3n) is 1.63. The molecule has 1 rings (SSSR count). The first-order chi connectivity index (χ1) is 6.79. The van der Waals surface area contributed by atoms with Gasteiger partial charge in [0.25, 0.3) is 0 Å². The van der Waals surface area contributed by atoms with E-state index in [9.17, 15) is 5.11 Å². The van der Waals surface area contributed by atoms with E-state index in [0.29, 0.717) is 12.2 Å². The second-order valence-corrected chi connectivity index (χ2v) is 2.55. The molecule has 0 spiro atoms. The molecule has 0 bridgehead atoms. The number of nitrogens with zero attached hydrogens (tertiary/aromatic N) is 2. The van der Waals surface area contributed by atoms with Crippen molar-refractivity contribution >= 4 is 5.70 Å². The largest absolute Gasteiger partial charge is 0.475 e. The average Bonchev–Trinajstić information content (AvgIpc) is 2.21. The smallest absolute Gasteiger partial charge is 0.471 e. The first kappa shape index (κ1) is 10.1. The van der Waals surface area contributed by atoms with Crippen LogP contribution in [0.4, 0.5) is 0 Å². The van der Waals surface area contributed by atoms with Gasteiger partial charge in [0, 0.05) is 0 Å². The lowest BCUT2D eigenvalue weighted by molar-refractivity contribution is 0.105. The summed E-state index contributed by atoms with van der Waals surface area (Å²) in [6, 6.07) is 8.81. The van der Waals surface area contributed by atoms with Crippen LogP contribution in [0.25, 0.3) is 10.7 Å². The summed E-state index contributed by atoms with van der Waals surface area (Å²) in [5, 5.41) is 18.1. The van der Waals surface area contributed by atoms with Crippen molar-refractivity contribution in [2.24, 2.45) is 0 Å². The minimum absolute atomic E-state index is 0.0347. The third-order valence-corrected chi connectivity index (χ3v) is 1.63. The summed E-state index contributed by atoms with van der Waals surface area (Å²) >= 11 is 0. The molecule has 1 aromatic rings. The van der Waals surface area contributed by atoms with Gasteiger partial charge in [0.05, 0.1) is 12.2 Å². The van der Waals surface area contributed by atoms with Gasteiger partial charge in [-0.3, -0.25) is 0 Å². The predicted molar refractivity (Wildman–Crippen MR) is 52.7 cm³/mol. The number of hydrogen-bond acceptors (Lipinski definition) is 3. The van der Waals surface area contributed by atoms with Crippen LogP contribution in [0.15, 0.2) is 36.3 Å². The monoisotopic (exact) mass is 191 g/mol. The Morgan fingerprint density at radius 1 is 1.43 bits per heavy atom. The molecule has 0 amide bonds. The van der Waals surface area contributed by atoms with Gasteiger partial charge in [-0.15, -0.1) is 0 Å². The summed E-state index contributed by atoms with van der Waals surface area (Å²) in [6.45, 7) is 2.05. The topological polar surface area (TPSA) is 57.6 Å². The molecule has 0 fully saturated rings. The van der Waals surface area contributed by atoms with Crippen molar-refractivity contribution in [3.63, 3.8) is 0 Å². The number of aliphatic hydroxyl groups is 1. The molecule has 4 nitrogen and oxygen atoms in total. The SMILES string of the molecule is CCO/C(O)=C(\[N+]#N)c1ccccc1. The van der Waals surface area contributed by atoms with E-state index >= 15 is 0 Å². The second kappa shape index (κ2) is 4.87. The molecule has 0 unspecified atom stereocenters. The van der Waals surface area contributed by atoms with Crippen LogP contribution in [-0.4, -0.2) is 11.7 Å². The maximum atomic E-state index is 9.37. The van der Waals surface area contributed by atoms with Crippen molar-refractivity contribution in [3.05, 3.63) is 46.8 Å². The van der Waals surface area contributed by atoms with E-state index in [1.165, 1.54) is 0 Å². The van der Waals surface area contributed by atoms with Gasteiger partial charge in [-0.1, -0.05) is 18.2 Å². The maximum Gasteiger partial charge on any atom is 0.471 e. The Balaban J connectivity index is 3.06. The number of diazo groups is 1. The van der Waals surface area contributed by atoms with Gasteiger partial charge in [-0.25, -0.2) is 0 Å². The molecular weight excluding hydrogens is 180 g/mol. The molecule has 0 aromatic heterocycles. The molecule has 0 radical (unpaired) electrons. The fourth-order valence-electron chi connectivity index (χ4n) is 1.03. The summed E-state index contributed by atoms with van der Waals surface area (Å²) in [7, 11) is 0. The highest BCUT2D eigenvalue weighted by Gasteiger charge is 2.22. The molecule has 72 valence electrons. The van der Waals surface area contributed by atoms with Crippen LogP contribution in [0.5, 0.6) is 0 Å². The Morgan fingerprint density at radius 2 is 2.07 bits per heavy atom. The molecule has 0 aliphatic carbocycles. The summed E-state index contributed by atoms with van der Waals surface area (Å²) in [4.78, 5) is 2.98. The fraction of sp³-hybridized carbons (Fsp3) is 0.200. The van der Waals surface area contributed by atoms with E-state index in [1.54, 1.807) is 31.2 Å². The lowest BCUT2D eigenvalue weighted by Crippen LogP contribution is -1.93. The second-order valence-electron chi connectivity index (χ2n) is 2.55.